The van der Waals surface area contributed by atoms with Crippen LogP contribution in [0.25, 0.3) is 0 Å². The normalized spacial score (nSPS) is 25.1. The van der Waals surface area contributed by atoms with Crippen LogP contribution in [0, 0.1) is 11.8 Å². The number of amides is 3. The van der Waals surface area contributed by atoms with Crippen molar-refractivity contribution < 1.29 is 37.4 Å². The van der Waals surface area contributed by atoms with E-state index in [9.17, 15) is 22.8 Å². The summed E-state index contributed by atoms with van der Waals surface area (Å²) in [6.07, 6.45) is 1.51. The van der Waals surface area contributed by atoms with E-state index in [-0.39, 0.29) is 18.0 Å². The maximum absolute atomic E-state index is 13.2. The van der Waals surface area contributed by atoms with Crippen LogP contribution in [0.2, 0.25) is 0 Å². The number of ether oxygens (including phenoxy) is 1. The summed E-state index contributed by atoms with van der Waals surface area (Å²) in [7, 11) is 1.65. The first-order valence-electron chi connectivity index (χ1n) is 13.1. The van der Waals surface area contributed by atoms with E-state index in [1.165, 1.54) is 12.8 Å². The average Bonchev–Trinajstić information content (AvgIpc) is 3.82. The highest BCUT2D eigenvalue weighted by Crippen LogP contribution is 2.40. The van der Waals surface area contributed by atoms with Crippen LogP contribution in [0.5, 0.6) is 5.75 Å². The van der Waals surface area contributed by atoms with Gasteiger partial charge in [-0.05, 0) is 68.1 Å². The number of carboxylic acid groups (broad SMARTS) is 1. The summed E-state index contributed by atoms with van der Waals surface area (Å²) < 4.78 is 36.9. The molecule has 4 aliphatic rings. The molecule has 38 heavy (non-hydrogen) atoms. The Morgan fingerprint density at radius 1 is 1.08 bits per heavy atom. The van der Waals surface area contributed by atoms with Crippen LogP contribution in [0.4, 0.5) is 18.0 Å². The molecular weight excluding hydrogens is 505 g/mol. The summed E-state index contributed by atoms with van der Waals surface area (Å²) in [5.74, 6) is -0.686. The maximum atomic E-state index is 13.2. The number of urea groups is 1. The van der Waals surface area contributed by atoms with Gasteiger partial charge in [-0.3, -0.25) is 9.69 Å². The van der Waals surface area contributed by atoms with Crippen molar-refractivity contribution in [2.75, 3.05) is 26.7 Å². The fourth-order valence-corrected chi connectivity index (χ4v) is 5.19. The number of methoxy groups -OCH3 is 1. The third kappa shape index (κ3) is 7.52. The second kappa shape index (κ2) is 11.8. The monoisotopic (exact) mass is 540 g/mol. The first-order chi connectivity index (χ1) is 18.0. The molecule has 2 saturated heterocycles. The van der Waals surface area contributed by atoms with Crippen LogP contribution in [0.3, 0.4) is 0 Å². The lowest BCUT2D eigenvalue weighted by Crippen LogP contribution is -2.52. The number of benzene rings is 1. The van der Waals surface area contributed by atoms with Crippen LogP contribution in [0.1, 0.15) is 44.1 Å². The van der Waals surface area contributed by atoms with Gasteiger partial charge >= 0.3 is 18.2 Å². The van der Waals surface area contributed by atoms with E-state index < -0.39 is 12.1 Å². The van der Waals surface area contributed by atoms with E-state index in [1.807, 2.05) is 29.2 Å². The number of piperidine rings is 1. The smallest absolute Gasteiger partial charge is 0.490 e. The van der Waals surface area contributed by atoms with Gasteiger partial charge in [0.05, 0.1) is 13.2 Å². The molecule has 0 spiro atoms. The Labute approximate surface area is 219 Å². The summed E-state index contributed by atoms with van der Waals surface area (Å²) in [4.78, 5) is 39.1. The molecule has 2 aliphatic carbocycles. The molecule has 9 nitrogen and oxygen atoms in total. The highest BCUT2D eigenvalue weighted by molar-refractivity contribution is 5.82. The number of hydrogen-bond acceptors (Lipinski definition) is 5. The van der Waals surface area contributed by atoms with Crippen LogP contribution in [-0.4, -0.2) is 83.9 Å². The third-order valence-electron chi connectivity index (χ3n) is 7.58. The highest BCUT2D eigenvalue weighted by atomic mass is 19.4. The minimum Gasteiger partial charge on any atom is -0.497 e. The summed E-state index contributed by atoms with van der Waals surface area (Å²) in [5.41, 5.74) is 1.07. The number of rotatable bonds is 7. The Morgan fingerprint density at radius 2 is 1.74 bits per heavy atom. The molecule has 2 heterocycles. The number of halogens is 3. The molecule has 1 aromatic rings. The predicted molar refractivity (Wildman–Crippen MR) is 131 cm³/mol. The van der Waals surface area contributed by atoms with E-state index >= 15 is 0 Å². The number of nitrogens with zero attached hydrogens (tertiary/aromatic N) is 2. The standard InChI is InChI=1S/C24H34N4O3.C2HF3O2/c1-31-20-8-4-16(5-9-20)13-25-23(29)22-12-18-15-27(24(30)26-19-6-7-19)11-10-21(18)28(22)14-17-2-3-17;3-2(4,5)1(6)7/h4-5,8-9,17-19,21-22H,2-3,6-7,10-15H2,1H3,(H,25,29)(H,26,30);(H,6,7). The number of nitrogens with one attached hydrogen (secondary N) is 2. The zero-order chi connectivity index (χ0) is 27.4. The van der Waals surface area contributed by atoms with Crippen molar-refractivity contribution in [2.45, 2.75) is 69.4 Å². The van der Waals surface area contributed by atoms with Gasteiger partial charge in [0.15, 0.2) is 0 Å². The summed E-state index contributed by atoms with van der Waals surface area (Å²) in [6.45, 7) is 3.12. The van der Waals surface area contributed by atoms with Crippen molar-refractivity contribution in [1.29, 1.82) is 0 Å². The van der Waals surface area contributed by atoms with E-state index in [2.05, 4.69) is 15.5 Å². The van der Waals surface area contributed by atoms with Gasteiger partial charge in [0.1, 0.15) is 5.75 Å². The van der Waals surface area contributed by atoms with Crippen molar-refractivity contribution in [3.8, 4) is 5.75 Å². The second-order valence-corrected chi connectivity index (χ2v) is 10.5. The zero-order valence-corrected chi connectivity index (χ0v) is 21.4. The lowest BCUT2D eigenvalue weighted by Gasteiger charge is -2.38. The van der Waals surface area contributed by atoms with Crippen LogP contribution in [0.15, 0.2) is 24.3 Å². The van der Waals surface area contributed by atoms with Gasteiger partial charge in [0, 0.05) is 38.3 Å². The number of carboxylic acids is 1. The number of aliphatic carboxylic acids is 1. The first-order valence-corrected chi connectivity index (χ1v) is 13.1. The minimum atomic E-state index is -5.08. The summed E-state index contributed by atoms with van der Waals surface area (Å²) >= 11 is 0. The first kappa shape index (κ1) is 28.0. The lowest BCUT2D eigenvalue weighted by atomic mass is 9.92. The molecule has 3 N–H and O–H groups in total. The molecule has 1 aromatic carbocycles. The average molecular weight is 541 g/mol. The van der Waals surface area contributed by atoms with Crippen molar-refractivity contribution in [3.05, 3.63) is 29.8 Å². The highest BCUT2D eigenvalue weighted by Gasteiger charge is 2.48. The fourth-order valence-electron chi connectivity index (χ4n) is 5.19. The molecule has 0 radical (unpaired) electrons. The Balaban J connectivity index is 0.000000426. The molecule has 5 rings (SSSR count). The molecule has 0 aromatic heterocycles. The maximum Gasteiger partial charge on any atom is 0.490 e. The third-order valence-corrected chi connectivity index (χ3v) is 7.58. The molecule has 210 valence electrons. The fraction of sp³-hybridized carbons (Fsp3) is 0.654. The number of alkyl halides is 3. The van der Waals surface area contributed by atoms with E-state index in [1.54, 1.807) is 7.11 Å². The Morgan fingerprint density at radius 3 is 2.29 bits per heavy atom. The lowest BCUT2D eigenvalue weighted by molar-refractivity contribution is -0.192. The summed E-state index contributed by atoms with van der Waals surface area (Å²) in [5, 5.41) is 13.4. The van der Waals surface area contributed by atoms with Gasteiger partial charge in [-0.1, -0.05) is 12.1 Å². The van der Waals surface area contributed by atoms with Crippen LogP contribution in [-0.2, 0) is 16.1 Å². The Kier molecular flexibility index (Phi) is 8.69. The molecular formula is C26H35F3N4O5. The van der Waals surface area contributed by atoms with Crippen molar-refractivity contribution in [2.24, 2.45) is 11.8 Å². The van der Waals surface area contributed by atoms with Gasteiger partial charge in [-0.2, -0.15) is 13.2 Å². The van der Waals surface area contributed by atoms with E-state index in [0.29, 0.717) is 24.5 Å². The molecule has 0 bridgehead atoms. The van der Waals surface area contributed by atoms with Gasteiger partial charge in [0.25, 0.3) is 0 Å². The van der Waals surface area contributed by atoms with Gasteiger partial charge in [0.2, 0.25) is 5.91 Å². The molecule has 3 amide bonds. The number of fused-ring (bicyclic) bond motifs is 1. The van der Waals surface area contributed by atoms with Gasteiger partial charge in [-0.15, -0.1) is 0 Å². The predicted octanol–water partition coefficient (Wildman–Crippen LogP) is 2.99. The van der Waals surface area contributed by atoms with Crippen molar-refractivity contribution in [3.63, 3.8) is 0 Å². The Bertz CT molecular complexity index is 998. The number of hydrogen-bond donors (Lipinski definition) is 3. The minimum absolute atomic E-state index is 0.0831. The largest absolute Gasteiger partial charge is 0.497 e. The van der Waals surface area contributed by atoms with Crippen molar-refractivity contribution >= 4 is 17.9 Å². The zero-order valence-electron chi connectivity index (χ0n) is 21.4. The van der Waals surface area contributed by atoms with E-state index in [0.717, 1.165) is 62.5 Å². The van der Waals surface area contributed by atoms with Gasteiger partial charge in [-0.25, -0.2) is 9.59 Å². The molecule has 3 unspecified atom stereocenters. The van der Waals surface area contributed by atoms with Crippen molar-refractivity contribution in [1.82, 2.24) is 20.4 Å². The van der Waals surface area contributed by atoms with Crippen LogP contribution < -0.4 is 15.4 Å². The van der Waals surface area contributed by atoms with E-state index in [4.69, 9.17) is 14.6 Å². The number of carbonyl (C=O) groups is 3. The summed E-state index contributed by atoms with van der Waals surface area (Å²) in [6, 6.07) is 8.64. The second-order valence-electron chi connectivity index (χ2n) is 10.5. The quantitative estimate of drug-likeness (QED) is 0.491. The van der Waals surface area contributed by atoms with Gasteiger partial charge < -0.3 is 25.4 Å². The molecule has 2 saturated carbocycles. The number of carbonyl (C=O) groups excluding carboxylic acids is 2. The SMILES string of the molecule is COc1ccc(CNC(=O)C2CC3CN(C(=O)NC4CC4)CCC3N2CC2CC2)cc1.O=C(O)C(F)(F)F. The number of likely N-dealkylation sites (tertiary alicyclic amines) is 2. The Hall–Kier alpha value is -3.02. The van der Waals surface area contributed by atoms with Crippen LogP contribution >= 0.6 is 0 Å². The molecule has 4 fully saturated rings. The molecule has 3 atom stereocenters. The molecule has 12 heteroatoms. The topological polar surface area (TPSA) is 111 Å². The molecule has 2 aliphatic heterocycles.